The lowest BCUT2D eigenvalue weighted by Gasteiger charge is -2.28. The van der Waals surface area contributed by atoms with E-state index in [0.717, 1.165) is 11.6 Å². The molecule has 1 saturated heterocycles. The van der Waals surface area contributed by atoms with Gasteiger partial charge in [0.15, 0.2) is 0 Å². The van der Waals surface area contributed by atoms with E-state index >= 15 is 0 Å². The van der Waals surface area contributed by atoms with Gasteiger partial charge in [-0.15, -0.1) is 0 Å². The summed E-state index contributed by atoms with van der Waals surface area (Å²) in [5.74, 6) is 0. The monoisotopic (exact) mass is 115 g/mol. The van der Waals surface area contributed by atoms with Gasteiger partial charge in [0.05, 0.1) is 0 Å². The first-order valence-electron chi connectivity index (χ1n) is 2.86. The summed E-state index contributed by atoms with van der Waals surface area (Å²) in [6, 6.07) is 0. The minimum absolute atomic E-state index is 0.0926. The molecule has 0 spiro atoms. The summed E-state index contributed by atoms with van der Waals surface area (Å²) in [6.07, 6.45) is 0.0926. The van der Waals surface area contributed by atoms with E-state index in [1.54, 1.807) is 0 Å². The molecule has 0 aromatic heterocycles. The van der Waals surface area contributed by atoms with Crippen molar-refractivity contribution >= 4 is 0 Å². The molecule has 0 radical (unpaired) electrons. The lowest BCUT2D eigenvalue weighted by molar-refractivity contribution is 0.228. The van der Waals surface area contributed by atoms with Gasteiger partial charge in [-0.05, 0) is 20.5 Å². The highest BCUT2D eigenvalue weighted by molar-refractivity contribution is 4.75. The van der Waals surface area contributed by atoms with E-state index in [1.165, 1.54) is 0 Å². The summed E-state index contributed by atoms with van der Waals surface area (Å²) in [7, 11) is 1.96. The van der Waals surface area contributed by atoms with Gasteiger partial charge in [-0.25, -0.2) is 0 Å². The van der Waals surface area contributed by atoms with Crippen molar-refractivity contribution in [2.75, 3.05) is 20.1 Å². The first-order chi connectivity index (χ1) is 3.72. The second kappa shape index (κ2) is 2.01. The number of likely N-dealkylation sites (N-methyl/N-ethyl adjacent to an activating group) is 1. The van der Waals surface area contributed by atoms with Crippen molar-refractivity contribution in [1.29, 1.82) is 0 Å². The topological polar surface area (TPSA) is 29.5 Å². The molecular weight excluding hydrogens is 104 g/mol. The van der Waals surface area contributed by atoms with Crippen LogP contribution < -0.4 is 0 Å². The SMILES string of the molecule is CC1N(C)CCN1[O-]. The summed E-state index contributed by atoms with van der Waals surface area (Å²) in [4.78, 5) is 2.03. The number of nitrogens with zero attached hydrogens (tertiary/aromatic N) is 2. The third kappa shape index (κ3) is 0.844. The lowest BCUT2D eigenvalue weighted by Crippen LogP contribution is -2.29. The zero-order valence-corrected chi connectivity index (χ0v) is 5.29. The molecule has 0 amide bonds. The summed E-state index contributed by atoms with van der Waals surface area (Å²) < 4.78 is 0. The molecule has 1 rings (SSSR count). The number of hydrogen-bond acceptors (Lipinski definition) is 3. The Morgan fingerprint density at radius 3 is 2.25 bits per heavy atom. The van der Waals surface area contributed by atoms with Gasteiger partial charge in [-0.1, -0.05) is 0 Å². The summed E-state index contributed by atoms with van der Waals surface area (Å²) in [6.45, 7) is 3.49. The average Bonchev–Trinajstić information content (AvgIpc) is 1.98. The van der Waals surface area contributed by atoms with Crippen molar-refractivity contribution in [3.8, 4) is 0 Å². The summed E-state index contributed by atoms with van der Waals surface area (Å²) in [5.41, 5.74) is 0. The highest BCUT2D eigenvalue weighted by Crippen LogP contribution is 2.07. The van der Waals surface area contributed by atoms with Crippen molar-refractivity contribution in [1.82, 2.24) is 9.96 Å². The molecule has 1 fully saturated rings. The Morgan fingerprint density at radius 2 is 2.12 bits per heavy atom. The minimum Gasteiger partial charge on any atom is -0.784 e. The number of hydroxylamine groups is 2. The summed E-state index contributed by atoms with van der Waals surface area (Å²) >= 11 is 0. The molecule has 48 valence electrons. The number of hydrogen-bond donors (Lipinski definition) is 0. The molecule has 1 unspecified atom stereocenters. The zero-order valence-electron chi connectivity index (χ0n) is 5.29. The quantitative estimate of drug-likeness (QED) is 0.447. The second-order valence-corrected chi connectivity index (χ2v) is 2.25. The molecule has 0 aliphatic carbocycles. The van der Waals surface area contributed by atoms with Crippen LogP contribution in [0.5, 0.6) is 0 Å². The predicted octanol–water partition coefficient (Wildman–Crippen LogP) is 0.0776. The van der Waals surface area contributed by atoms with E-state index in [0.29, 0.717) is 6.54 Å². The zero-order chi connectivity index (χ0) is 6.15. The molecule has 3 nitrogen and oxygen atoms in total. The van der Waals surface area contributed by atoms with E-state index in [-0.39, 0.29) is 6.17 Å². The van der Waals surface area contributed by atoms with Crippen LogP contribution in [0.4, 0.5) is 0 Å². The molecule has 8 heavy (non-hydrogen) atoms. The molecule has 1 aliphatic rings. The van der Waals surface area contributed by atoms with Crippen molar-refractivity contribution < 1.29 is 0 Å². The normalized spacial score (nSPS) is 34.1. The van der Waals surface area contributed by atoms with Gasteiger partial charge in [0.1, 0.15) is 0 Å². The van der Waals surface area contributed by atoms with Gasteiger partial charge in [-0.2, -0.15) is 0 Å². The van der Waals surface area contributed by atoms with Crippen LogP contribution in [0.15, 0.2) is 0 Å². The van der Waals surface area contributed by atoms with Crippen LogP contribution in [0.1, 0.15) is 6.92 Å². The molecule has 1 aliphatic heterocycles. The van der Waals surface area contributed by atoms with Gasteiger partial charge in [0.2, 0.25) is 0 Å². The Bertz CT molecular complexity index is 76.5. The fraction of sp³-hybridized carbons (Fsp3) is 1.00. The molecular formula is C5H11N2O-. The van der Waals surface area contributed by atoms with Gasteiger partial charge in [0.25, 0.3) is 0 Å². The third-order valence-electron chi connectivity index (χ3n) is 1.73. The van der Waals surface area contributed by atoms with Gasteiger partial charge in [0, 0.05) is 12.7 Å². The van der Waals surface area contributed by atoms with Crippen LogP contribution in [-0.4, -0.2) is 36.3 Å². The molecule has 0 aromatic rings. The van der Waals surface area contributed by atoms with E-state index < -0.39 is 0 Å². The van der Waals surface area contributed by atoms with Crippen LogP contribution >= 0.6 is 0 Å². The van der Waals surface area contributed by atoms with Crippen molar-refractivity contribution in [2.24, 2.45) is 0 Å². The Morgan fingerprint density at radius 1 is 1.50 bits per heavy atom. The molecule has 1 heterocycles. The van der Waals surface area contributed by atoms with Gasteiger partial charge in [-0.3, -0.25) is 4.90 Å². The Balaban J connectivity index is 2.44. The smallest absolute Gasteiger partial charge is 0.0477 e. The fourth-order valence-electron chi connectivity index (χ4n) is 0.850. The largest absolute Gasteiger partial charge is 0.784 e. The van der Waals surface area contributed by atoms with Crippen LogP contribution in [0.2, 0.25) is 0 Å². The first-order valence-corrected chi connectivity index (χ1v) is 2.86. The van der Waals surface area contributed by atoms with E-state index in [9.17, 15) is 5.21 Å². The molecule has 1 atom stereocenters. The maximum Gasteiger partial charge on any atom is 0.0477 e. The number of rotatable bonds is 0. The van der Waals surface area contributed by atoms with Crippen LogP contribution in [0.25, 0.3) is 0 Å². The highest BCUT2D eigenvalue weighted by Gasteiger charge is 2.16. The van der Waals surface area contributed by atoms with Crippen LogP contribution in [0.3, 0.4) is 0 Å². The Hall–Kier alpha value is -0.120. The molecule has 0 N–H and O–H groups in total. The van der Waals surface area contributed by atoms with Crippen molar-refractivity contribution in [3.05, 3.63) is 5.21 Å². The van der Waals surface area contributed by atoms with E-state index in [1.807, 2.05) is 18.9 Å². The van der Waals surface area contributed by atoms with Gasteiger partial charge >= 0.3 is 0 Å². The maximum atomic E-state index is 10.7. The first kappa shape index (κ1) is 6.01. The molecule has 3 heteroatoms. The second-order valence-electron chi connectivity index (χ2n) is 2.25. The van der Waals surface area contributed by atoms with Crippen LogP contribution in [0, 0.1) is 5.21 Å². The lowest BCUT2D eigenvalue weighted by atomic mass is 10.5. The Kier molecular flexibility index (Phi) is 1.51. The predicted molar refractivity (Wildman–Crippen MR) is 32.2 cm³/mol. The van der Waals surface area contributed by atoms with Gasteiger partial charge < -0.3 is 10.3 Å². The fourth-order valence-corrected chi connectivity index (χ4v) is 0.850. The van der Waals surface area contributed by atoms with Crippen molar-refractivity contribution in [2.45, 2.75) is 13.1 Å². The van der Waals surface area contributed by atoms with Crippen molar-refractivity contribution in [3.63, 3.8) is 0 Å². The van der Waals surface area contributed by atoms with Crippen LogP contribution in [-0.2, 0) is 0 Å². The maximum absolute atomic E-state index is 10.7. The molecule has 0 aromatic carbocycles. The molecule has 0 bridgehead atoms. The van der Waals surface area contributed by atoms with E-state index in [4.69, 9.17) is 0 Å². The highest BCUT2D eigenvalue weighted by atomic mass is 16.5. The average molecular weight is 115 g/mol. The van der Waals surface area contributed by atoms with E-state index in [2.05, 4.69) is 0 Å². The molecule has 0 saturated carbocycles. The summed E-state index contributed by atoms with van der Waals surface area (Å²) in [5, 5.41) is 11.8. The Labute approximate surface area is 49.5 Å². The third-order valence-corrected chi connectivity index (χ3v) is 1.73. The standard InChI is InChI=1S/C5H11N2O/c1-5-6(2)3-4-7(5)8/h5H,3-4H2,1-2H3/q-1. The minimum atomic E-state index is 0.0926.